The van der Waals surface area contributed by atoms with Crippen molar-refractivity contribution < 1.29 is 36.4 Å². The number of hydrogen-bond donors (Lipinski definition) is 4. The maximum absolute atomic E-state index is 14.4. The molecule has 4 rings (SSSR count). The quantitative estimate of drug-likeness (QED) is 0.227. The Morgan fingerprint density at radius 3 is 2.18 bits per heavy atom. The predicted molar refractivity (Wildman–Crippen MR) is 191 cm³/mol. The lowest BCUT2D eigenvalue weighted by Crippen LogP contribution is -2.62. The number of fused-ring (bicyclic) bond motifs is 1. The number of nitrogens with zero attached hydrogens (tertiary/aromatic N) is 2. The molecule has 2 saturated carbocycles. The average Bonchev–Trinajstić information content (AvgIpc) is 3.80. The molecule has 0 aromatic heterocycles. The van der Waals surface area contributed by atoms with Gasteiger partial charge in [0.15, 0.2) is 0 Å². The van der Waals surface area contributed by atoms with Gasteiger partial charge in [-0.25, -0.2) is 26.3 Å². The van der Waals surface area contributed by atoms with E-state index < -0.39 is 81.6 Å². The first kappa shape index (κ1) is 40.7. The zero-order valence-electron chi connectivity index (χ0n) is 31.6. The normalized spacial score (nSPS) is 28.5. The molecule has 4 N–H and O–H groups in total. The summed E-state index contributed by atoms with van der Waals surface area (Å²) >= 11 is 0. The Hall–Kier alpha value is -3.07. The summed E-state index contributed by atoms with van der Waals surface area (Å²) in [5.74, 6) is -1.69. The van der Waals surface area contributed by atoms with Gasteiger partial charge < -0.3 is 26.2 Å². The third kappa shape index (κ3) is 9.68. The molecule has 0 aromatic rings. The number of sulfonamides is 1. The van der Waals surface area contributed by atoms with E-state index in [2.05, 4.69) is 33.4 Å². The van der Waals surface area contributed by atoms with Gasteiger partial charge in [0, 0.05) is 38.6 Å². The lowest BCUT2D eigenvalue weighted by Gasteiger charge is -2.39. The van der Waals surface area contributed by atoms with Gasteiger partial charge in [-0.3, -0.25) is 14.4 Å². The number of allylic oxidation sites excluding steroid dienone is 4. The zero-order chi connectivity index (χ0) is 38.4. The van der Waals surface area contributed by atoms with Crippen LogP contribution in [-0.4, -0.2) is 104 Å². The molecule has 51 heavy (non-hydrogen) atoms. The second-order valence-electron chi connectivity index (χ2n) is 17.7. The summed E-state index contributed by atoms with van der Waals surface area (Å²) in [6, 6.07) is -5.08. The first-order valence-electron chi connectivity index (χ1n) is 17.8. The van der Waals surface area contributed by atoms with Gasteiger partial charge in [-0.2, -0.15) is 0 Å². The van der Waals surface area contributed by atoms with E-state index in [1.807, 2.05) is 46.8 Å². The standard InChI is InChI=1S/C36H58F2N6O6S/c1-34(2,3)25(19-43(9)51(10,49)50)41-33(48)42-29(35(4,5)6)32(47)44-18-22-27(36(22,7)8)28(44)31(46)40-24(17-26(37)38)30(45)39-23-16-21(23)20-14-12-11-13-15-20/h11-14,20-29H,15-19H2,1-10H3,(H,39,45)(H,40,46)(H2,41,42,48)/t20?,21-,22+,23-,24+,25-,27+,28+,29-/m1/s1. The van der Waals surface area contributed by atoms with E-state index in [-0.39, 0.29) is 48.2 Å². The number of nitrogens with one attached hydrogen (secondary N) is 4. The van der Waals surface area contributed by atoms with E-state index in [4.69, 9.17) is 0 Å². The van der Waals surface area contributed by atoms with Gasteiger partial charge in [0.05, 0.1) is 6.26 Å². The Labute approximate surface area is 302 Å². The summed E-state index contributed by atoms with van der Waals surface area (Å²) in [6.07, 6.45) is 6.99. The highest BCUT2D eigenvalue weighted by molar-refractivity contribution is 7.88. The van der Waals surface area contributed by atoms with Gasteiger partial charge in [-0.05, 0) is 52.8 Å². The summed E-state index contributed by atoms with van der Waals surface area (Å²) in [5.41, 5.74) is -1.66. The Bertz CT molecular complexity index is 1520. The molecule has 1 unspecified atom stereocenters. The van der Waals surface area contributed by atoms with Crippen LogP contribution in [0.25, 0.3) is 0 Å². The van der Waals surface area contributed by atoms with E-state index >= 15 is 0 Å². The van der Waals surface area contributed by atoms with Gasteiger partial charge in [0.2, 0.25) is 34.2 Å². The Morgan fingerprint density at radius 1 is 1.00 bits per heavy atom. The predicted octanol–water partition coefficient (Wildman–Crippen LogP) is 3.27. The van der Waals surface area contributed by atoms with Crippen LogP contribution in [0, 0.1) is 39.9 Å². The van der Waals surface area contributed by atoms with Crippen molar-refractivity contribution in [1.29, 1.82) is 0 Å². The van der Waals surface area contributed by atoms with Crippen LogP contribution in [-0.2, 0) is 24.4 Å². The van der Waals surface area contributed by atoms with Crippen molar-refractivity contribution in [3.05, 3.63) is 24.3 Å². The van der Waals surface area contributed by atoms with Crippen LogP contribution in [0.3, 0.4) is 0 Å². The van der Waals surface area contributed by atoms with E-state index in [1.54, 1.807) is 20.8 Å². The molecule has 288 valence electrons. The summed E-state index contributed by atoms with van der Waals surface area (Å²) in [5, 5.41) is 11.1. The fraction of sp³-hybridized carbons (Fsp3) is 0.778. The number of amides is 5. The molecule has 12 nitrogen and oxygen atoms in total. The van der Waals surface area contributed by atoms with Crippen molar-refractivity contribution in [3.8, 4) is 0 Å². The van der Waals surface area contributed by atoms with Crippen LogP contribution in [0.1, 0.15) is 74.7 Å². The highest BCUT2D eigenvalue weighted by Gasteiger charge is 2.70. The minimum Gasteiger partial charge on any atom is -0.351 e. The molecule has 5 amide bonds. The van der Waals surface area contributed by atoms with Crippen LogP contribution in [0.15, 0.2) is 24.3 Å². The number of carbonyl (C=O) groups excluding carboxylic acids is 4. The molecule has 0 bridgehead atoms. The van der Waals surface area contributed by atoms with Gasteiger partial charge >= 0.3 is 6.03 Å². The molecule has 0 radical (unpaired) electrons. The molecule has 1 aliphatic heterocycles. The summed E-state index contributed by atoms with van der Waals surface area (Å²) in [4.78, 5) is 56.6. The average molecular weight is 741 g/mol. The molecular weight excluding hydrogens is 682 g/mol. The van der Waals surface area contributed by atoms with E-state index in [0.29, 0.717) is 0 Å². The molecule has 0 spiro atoms. The van der Waals surface area contributed by atoms with Crippen LogP contribution in [0.4, 0.5) is 13.6 Å². The van der Waals surface area contributed by atoms with Crippen molar-refractivity contribution in [3.63, 3.8) is 0 Å². The highest BCUT2D eigenvalue weighted by atomic mass is 32.2. The molecule has 0 aromatic carbocycles. The monoisotopic (exact) mass is 740 g/mol. The molecular formula is C36H58F2N6O6S. The lowest BCUT2D eigenvalue weighted by molar-refractivity contribution is -0.144. The molecule has 1 saturated heterocycles. The van der Waals surface area contributed by atoms with Crippen LogP contribution in [0.5, 0.6) is 0 Å². The van der Waals surface area contributed by atoms with E-state index in [1.165, 1.54) is 11.9 Å². The van der Waals surface area contributed by atoms with Gasteiger partial charge in [-0.1, -0.05) is 79.7 Å². The van der Waals surface area contributed by atoms with E-state index in [0.717, 1.165) is 23.4 Å². The van der Waals surface area contributed by atoms with Crippen LogP contribution >= 0.6 is 0 Å². The first-order valence-corrected chi connectivity index (χ1v) is 19.7. The molecule has 1 heterocycles. The second kappa shape index (κ2) is 14.7. The topological polar surface area (TPSA) is 157 Å². The summed E-state index contributed by atoms with van der Waals surface area (Å²) in [7, 11) is -2.11. The largest absolute Gasteiger partial charge is 0.351 e. The summed E-state index contributed by atoms with van der Waals surface area (Å²) in [6.45, 7) is 15.1. The van der Waals surface area contributed by atoms with Crippen molar-refractivity contribution >= 4 is 33.8 Å². The van der Waals surface area contributed by atoms with Crippen molar-refractivity contribution in [2.24, 2.45) is 39.9 Å². The van der Waals surface area contributed by atoms with Gasteiger partial charge in [0.25, 0.3) is 0 Å². The maximum atomic E-state index is 14.4. The number of hydrogen-bond acceptors (Lipinski definition) is 6. The smallest absolute Gasteiger partial charge is 0.315 e. The Balaban J connectivity index is 1.49. The first-order chi connectivity index (χ1) is 23.3. The number of halogens is 2. The van der Waals surface area contributed by atoms with Crippen molar-refractivity contribution in [1.82, 2.24) is 30.5 Å². The minimum absolute atomic E-state index is 0.000431. The molecule has 9 atom stereocenters. The van der Waals surface area contributed by atoms with Crippen LogP contribution in [0.2, 0.25) is 0 Å². The third-order valence-corrected chi connectivity index (χ3v) is 12.6. The number of urea groups is 1. The number of likely N-dealkylation sites (tertiary alicyclic amines) is 1. The lowest BCUT2D eigenvalue weighted by atomic mass is 9.85. The molecule has 3 aliphatic carbocycles. The highest BCUT2D eigenvalue weighted by Crippen LogP contribution is 2.65. The van der Waals surface area contributed by atoms with Gasteiger partial charge in [0.1, 0.15) is 18.1 Å². The SMILES string of the molecule is CN(C[C@@H](NC(=O)N[C@H](C(=O)N1C[C@H]2[C@@H]([C@H]1C(=O)N[C@@H](CC(F)F)C(=O)N[C@@H]1C[C@@H]1C1C=CC=CC1)C2(C)C)C(C)(C)C)C(C)(C)C)S(C)(=O)=O. The van der Waals surface area contributed by atoms with E-state index in [9.17, 15) is 36.4 Å². The fourth-order valence-corrected chi connectivity index (χ4v) is 8.03. The number of likely N-dealkylation sites (N-methyl/N-ethyl adjacent to an activating group) is 1. The summed E-state index contributed by atoms with van der Waals surface area (Å²) < 4.78 is 52.9. The second-order valence-corrected chi connectivity index (χ2v) is 19.8. The number of alkyl halides is 2. The van der Waals surface area contributed by atoms with Crippen LogP contribution < -0.4 is 21.3 Å². The number of rotatable bonds is 13. The zero-order valence-corrected chi connectivity index (χ0v) is 32.4. The molecule has 15 heteroatoms. The Morgan fingerprint density at radius 2 is 1.65 bits per heavy atom. The molecule has 3 fully saturated rings. The van der Waals surface area contributed by atoms with Crippen molar-refractivity contribution in [2.75, 3.05) is 26.4 Å². The van der Waals surface area contributed by atoms with Crippen molar-refractivity contribution in [2.45, 2.75) is 111 Å². The number of piperidine rings is 1. The minimum atomic E-state index is -3.53. The molecule has 4 aliphatic rings. The number of carbonyl (C=O) groups is 4. The van der Waals surface area contributed by atoms with Gasteiger partial charge in [-0.15, -0.1) is 0 Å². The third-order valence-electron chi connectivity index (χ3n) is 11.3. The Kier molecular flexibility index (Phi) is 11.8. The fourth-order valence-electron chi connectivity index (χ4n) is 7.61. The maximum Gasteiger partial charge on any atom is 0.315 e.